The summed E-state index contributed by atoms with van der Waals surface area (Å²) in [6.07, 6.45) is -16.9. The van der Waals surface area contributed by atoms with Crippen molar-refractivity contribution in [3.8, 4) is 0 Å². The van der Waals surface area contributed by atoms with Crippen molar-refractivity contribution in [1.29, 1.82) is 0 Å². The minimum Gasteiger partial charge on any atom is -0.397 e. The number of halogens is 2. The molecule has 22 heterocycles. The van der Waals surface area contributed by atoms with Gasteiger partial charge in [-0.05, 0) is 77.2 Å². The van der Waals surface area contributed by atoms with E-state index in [2.05, 4.69) is 87.0 Å². The molecular formula is C64H73F2N27O30P6S6. The summed E-state index contributed by atoms with van der Waals surface area (Å²) in [7, 11) is 0. The van der Waals surface area contributed by atoms with Crippen LogP contribution in [-0.4, -0.2) is 286 Å². The van der Waals surface area contributed by atoms with Gasteiger partial charge in [-0.2, -0.15) is 15.0 Å². The Balaban J connectivity index is 0.000000126. The summed E-state index contributed by atoms with van der Waals surface area (Å²) < 4.78 is 164. The van der Waals surface area contributed by atoms with Crippen molar-refractivity contribution < 1.29 is 135 Å². The maximum absolute atomic E-state index is 16.0. The van der Waals surface area contributed by atoms with Gasteiger partial charge in [-0.15, -0.1) is 0 Å². The minimum absolute atomic E-state index is 0.00190. The number of aliphatic hydroxyl groups is 2. The number of rotatable bonds is 6. The summed E-state index contributed by atoms with van der Waals surface area (Å²) in [5.74, 6) is -0.585. The molecule has 0 spiro atoms. The van der Waals surface area contributed by atoms with E-state index < -0.39 is 231 Å². The number of aliphatic hydroxyl groups excluding tert-OH is 2. The van der Waals surface area contributed by atoms with Crippen molar-refractivity contribution >= 4 is 214 Å². The number of hydrogen-bond donors (Lipinski definition) is 17. The highest BCUT2D eigenvalue weighted by Crippen LogP contribution is 2.62. The van der Waals surface area contributed by atoms with Gasteiger partial charge in [0.2, 0.25) is 17.8 Å². The number of hydrogen-bond acceptors (Lipinski definition) is 48. The van der Waals surface area contributed by atoms with Gasteiger partial charge < -0.3 is 129 Å². The van der Waals surface area contributed by atoms with Crippen LogP contribution in [-0.2, 0) is 151 Å². The van der Waals surface area contributed by atoms with E-state index in [1.54, 1.807) is 16.7 Å². The molecule has 12 unspecified atom stereocenters. The maximum Gasteiger partial charge on any atom is 0.386 e. The third-order valence-corrected chi connectivity index (χ3v) is 32.2. The fourth-order valence-corrected chi connectivity index (χ4v) is 25.4. The second-order valence-corrected chi connectivity index (χ2v) is 48.2. The third kappa shape index (κ3) is 18.1. The first-order valence-electron chi connectivity index (χ1n) is 39.6. The molecule has 0 saturated carbocycles. The van der Waals surface area contributed by atoms with Crippen LogP contribution in [0.3, 0.4) is 0 Å². The molecule has 724 valence electrons. The van der Waals surface area contributed by atoms with Gasteiger partial charge in [-0.3, -0.25) is 83.9 Å². The molecule has 135 heavy (non-hydrogen) atoms. The fourth-order valence-electron chi connectivity index (χ4n) is 16.7. The number of nitrogens with two attached hydrogens (primary N) is 6. The number of H-pyrrole nitrogens is 3. The second kappa shape index (κ2) is 35.8. The number of anilines is 6. The number of imidazole rings is 6. The van der Waals surface area contributed by atoms with Crippen LogP contribution >= 0.6 is 52.6 Å². The van der Waals surface area contributed by atoms with Crippen LogP contribution in [0.25, 0.3) is 67.0 Å². The molecule has 0 amide bonds. The van der Waals surface area contributed by atoms with Gasteiger partial charge in [-0.1, -0.05) is 12.2 Å². The van der Waals surface area contributed by atoms with Crippen molar-refractivity contribution in [3.05, 3.63) is 106 Å². The molecule has 0 aliphatic carbocycles. The number of ether oxygens (including phenoxy) is 7. The van der Waals surface area contributed by atoms with E-state index in [-0.39, 0.29) is 82.3 Å². The molecular weight excluding hydrogens is 2040 g/mol. The predicted octanol–water partition coefficient (Wildman–Crippen LogP) is -0.298. The minimum atomic E-state index is -4.26. The molecule has 12 aromatic heterocycles. The average Bonchev–Trinajstić information content (AvgIpc) is 1.55. The Kier molecular flexibility index (Phi) is 25.2. The first-order valence-corrected chi connectivity index (χ1v) is 55.2. The molecule has 10 fully saturated rings. The number of alkyl halides is 2. The highest BCUT2D eigenvalue weighted by molar-refractivity contribution is 8.44. The topological polar surface area (TPSA) is 773 Å². The number of pyridine rings is 3. The van der Waals surface area contributed by atoms with Crippen LogP contribution < -0.4 is 51.1 Å². The monoisotopic (exact) mass is 2120 g/mol. The zero-order chi connectivity index (χ0) is 95.0. The van der Waals surface area contributed by atoms with E-state index >= 15 is 8.78 Å². The molecule has 57 nitrogen and oxygen atoms in total. The van der Waals surface area contributed by atoms with Crippen molar-refractivity contribution in [1.82, 2.24) is 102 Å². The Morgan fingerprint density at radius 3 is 1.19 bits per heavy atom. The molecule has 12 aromatic rings. The molecule has 22 N–H and O–H groups in total. The number of fused-ring (bicyclic) bond motifs is 14. The molecule has 10 aliphatic heterocycles. The predicted molar refractivity (Wildman–Crippen MR) is 476 cm³/mol. The van der Waals surface area contributed by atoms with E-state index in [0.717, 1.165) is 0 Å². The zero-order valence-corrected chi connectivity index (χ0v) is 78.1. The van der Waals surface area contributed by atoms with Crippen LogP contribution in [0.2, 0.25) is 0 Å². The molecule has 22 rings (SSSR count). The number of aromatic nitrogens is 21. The third-order valence-electron chi connectivity index (χ3n) is 22.8. The Morgan fingerprint density at radius 1 is 0.400 bits per heavy atom. The van der Waals surface area contributed by atoms with Gasteiger partial charge in [0.25, 0.3) is 16.7 Å². The van der Waals surface area contributed by atoms with E-state index in [1.165, 1.54) is 85.5 Å². The number of aromatic amines is 3. The molecule has 10 saturated heterocycles. The SMILES string of the molecule is Nc1nc2c(ncn2[C@@H]2O[C@@H]3COP(=O)(S)O[C@@H]4C(F)[C@H](n5cnc6c(N)ccnc65)O[C@@H]4COP(O)(=S)OC2C3)c(=O)[nH]1.Nc1nc2c(ncn2[C@@H]2O[C@@H]3COP(O)(=S)O[C@@H]4C(F)[C@H](n5cnc6c(N)ccnc65)O[C@@H]4COP(O)(=S)OC2[C@H]3O)c(=O)[nH]1.Nc1nc2c(ncn2[C@@H]2O[C@@H]3COP(O)(=S)O[C@@H]4C5OC[C@]4(COP(O)(=S)OC2[C@H]3O)O[C@H]5n2cnc3c(N)ccnc32)c(=O)[nH]1. The standard InChI is InChI=1S/C22H25N9O11P2S2.C21H24FN9O10P2S2.C21H24FN9O9P2S2/c23-8-1-2-25-16-10(8)26-6-30(16)20-14-15-22(40-20,4-36-14)5-38-44(35,46)41-13-12(32)9(3-37-43(34,45)42-15)39-19(13)31-7-27-11-17(31)28-21(24)29-18(11)33;22-10-14-9(39-19(10)30-5-26-11-7(23)1-2-25-16(11)30)4-37-43(35,45)41-15-13(32)8(3-36-42(34,44)40-14)38-20(15)31-6-27-12-17(31)28-21(24)29-18(12)33;22-12-15-11(38-20(12)30-6-26-13-9(23)1-2-25-16(13)30)5-36-41(33,43)39-10-3-8(4-35-42(34,44)40-15)37-19(10)31-7-27-14-17(31)28-21(24)29-18(14)32/h1-2,6-7,9,12-15,19-20,32H,3-5H2,(H2,23,25)(H,34,45)(H,35,46)(H3,24,28,29,33);1-2,5-6,8-10,13-15,19-20,32H,3-4H2,(H2,23,25)(H,34,44)(H,35,45)(H3,24,28,29,33);1-2,6-8,10-12,15,19-20H,3-5H2,(H2,23,25)(H,33,43)(H,34,44)(H3,24,28,29,32)/t9-,12+,13?,14?,15-,19-,20-,22-,43?,44?;8-,9-,10?,13+,14+,15?,19-,20-,42?,43?;8-,10?,11+,12?,15-,19+,20+,41?,42?/m110/s1. The summed E-state index contributed by atoms with van der Waals surface area (Å²) in [4.78, 5) is 150. The Hall–Kier alpha value is -7.64. The van der Waals surface area contributed by atoms with Crippen LogP contribution in [0.4, 0.5) is 43.7 Å². The van der Waals surface area contributed by atoms with Crippen molar-refractivity contribution in [3.63, 3.8) is 0 Å². The van der Waals surface area contributed by atoms with Crippen molar-refractivity contribution in [2.24, 2.45) is 0 Å². The summed E-state index contributed by atoms with van der Waals surface area (Å²) >= 11 is 30.5. The van der Waals surface area contributed by atoms with Crippen molar-refractivity contribution in [2.75, 3.05) is 80.7 Å². The van der Waals surface area contributed by atoms with E-state index in [4.69, 9.17) is 181 Å². The normalized spacial score (nSPS) is 38.0. The van der Waals surface area contributed by atoms with Crippen molar-refractivity contribution in [2.45, 2.75) is 147 Å². The lowest BCUT2D eigenvalue weighted by Crippen LogP contribution is -2.45. The highest BCUT2D eigenvalue weighted by Gasteiger charge is 2.66. The molecule has 0 radical (unpaired) electrons. The number of thiol groups is 1. The van der Waals surface area contributed by atoms with Gasteiger partial charge >= 0.3 is 40.4 Å². The Morgan fingerprint density at radius 2 is 0.756 bits per heavy atom. The molecule has 0 aromatic carbocycles. The van der Waals surface area contributed by atoms with Gasteiger partial charge in [0.1, 0.15) is 102 Å². The van der Waals surface area contributed by atoms with E-state index in [9.17, 15) is 53.6 Å². The van der Waals surface area contributed by atoms with Crippen LogP contribution in [0.5, 0.6) is 0 Å². The van der Waals surface area contributed by atoms with Gasteiger partial charge in [0, 0.05) is 25.0 Å². The van der Waals surface area contributed by atoms with Gasteiger partial charge in [0.05, 0.1) is 107 Å². The lowest BCUT2D eigenvalue weighted by Gasteiger charge is -2.33. The number of nitrogens with zero attached hydrogens (tertiary/aromatic N) is 18. The first kappa shape index (κ1) is 94.9. The summed E-state index contributed by atoms with van der Waals surface area (Å²) in [5.41, 5.74) is 34.7. The molecule has 10 aliphatic rings. The summed E-state index contributed by atoms with van der Waals surface area (Å²) in [5, 5.41) is 22.4. The quantitative estimate of drug-likeness (QED) is 0.0751. The first-order chi connectivity index (χ1) is 64.1. The van der Waals surface area contributed by atoms with E-state index in [0.29, 0.717) is 39.3 Å². The van der Waals surface area contributed by atoms with Crippen LogP contribution in [0, 0.1) is 0 Å². The van der Waals surface area contributed by atoms with E-state index in [1.807, 2.05) is 0 Å². The lowest BCUT2D eigenvalue weighted by atomic mass is 10.0. The second-order valence-electron chi connectivity index (χ2n) is 31.4. The maximum atomic E-state index is 16.0. The molecule has 71 heteroatoms. The summed E-state index contributed by atoms with van der Waals surface area (Å²) in [6, 6.07) is 4.68. The Bertz CT molecular complexity index is 7200. The molecule has 29 atom stereocenters. The number of nitrogens with one attached hydrogen (secondary N) is 3. The Labute approximate surface area is 780 Å². The average molecular weight is 2120 g/mol. The van der Waals surface area contributed by atoms with Crippen LogP contribution in [0.1, 0.15) is 43.8 Å². The fraction of sp³-hybridized carbons (Fsp3) is 0.484. The molecule has 8 bridgehead atoms. The largest absolute Gasteiger partial charge is 0.397 e. The smallest absolute Gasteiger partial charge is 0.386 e. The number of nitrogen functional groups attached to an aromatic ring is 6. The summed E-state index contributed by atoms with van der Waals surface area (Å²) in [6.45, 7) is -28.2. The van der Waals surface area contributed by atoms with Gasteiger partial charge in [-0.25, -0.2) is 58.2 Å². The zero-order valence-electron chi connectivity index (χ0n) is 67.7. The highest BCUT2D eigenvalue weighted by atomic mass is 32.7. The lowest BCUT2D eigenvalue weighted by molar-refractivity contribution is -0.183. The van der Waals surface area contributed by atoms with Gasteiger partial charge in [0.15, 0.2) is 100 Å². The van der Waals surface area contributed by atoms with Crippen LogP contribution in [0.15, 0.2) is 89.1 Å².